The molecule has 5 nitrogen and oxygen atoms in total. The summed E-state index contributed by atoms with van der Waals surface area (Å²) >= 11 is 1.62. The Hall–Kier alpha value is -2.21. The molecule has 0 bridgehead atoms. The van der Waals surface area contributed by atoms with E-state index in [0.717, 1.165) is 10.6 Å². The first kappa shape index (κ1) is 14.2. The predicted octanol–water partition coefficient (Wildman–Crippen LogP) is 1.76. The molecule has 0 spiro atoms. The van der Waals surface area contributed by atoms with E-state index in [-0.39, 0.29) is 18.0 Å². The van der Waals surface area contributed by atoms with Gasteiger partial charge in [-0.2, -0.15) is 5.10 Å². The van der Waals surface area contributed by atoms with Crippen LogP contribution in [0.4, 0.5) is 0 Å². The Kier molecular flexibility index (Phi) is 4.47. The highest BCUT2D eigenvalue weighted by molar-refractivity contribution is 7.14. The van der Waals surface area contributed by atoms with E-state index in [4.69, 9.17) is 0 Å². The number of carbonyl (C=O) groups excluding carboxylic acids is 1. The van der Waals surface area contributed by atoms with E-state index in [0.29, 0.717) is 0 Å². The molecule has 104 valence electrons. The van der Waals surface area contributed by atoms with Gasteiger partial charge in [-0.1, -0.05) is 6.07 Å². The molecule has 0 aromatic carbocycles. The highest BCUT2D eigenvalue weighted by Gasteiger charge is 2.04. The number of nitrogens with zero attached hydrogens (tertiary/aromatic N) is 2. The highest BCUT2D eigenvalue weighted by Crippen LogP contribution is 2.15. The molecule has 0 atom stereocenters. The molecule has 2 aromatic heterocycles. The van der Waals surface area contributed by atoms with Gasteiger partial charge in [0.25, 0.3) is 11.5 Å². The zero-order chi connectivity index (χ0) is 14.5. The maximum atomic E-state index is 11.7. The van der Waals surface area contributed by atoms with E-state index in [1.54, 1.807) is 29.7 Å². The van der Waals surface area contributed by atoms with Gasteiger partial charge in [-0.05, 0) is 32.0 Å². The number of pyridine rings is 1. The van der Waals surface area contributed by atoms with Crippen molar-refractivity contribution >= 4 is 23.0 Å². The van der Waals surface area contributed by atoms with Crippen LogP contribution in [0.25, 0.3) is 0 Å². The van der Waals surface area contributed by atoms with Gasteiger partial charge in [0.1, 0.15) is 6.54 Å². The van der Waals surface area contributed by atoms with Gasteiger partial charge in [0, 0.05) is 17.1 Å². The van der Waals surface area contributed by atoms with Crippen LogP contribution in [-0.2, 0) is 11.3 Å². The van der Waals surface area contributed by atoms with Gasteiger partial charge in [0.05, 0.1) is 10.6 Å². The summed E-state index contributed by atoms with van der Waals surface area (Å²) in [5, 5.41) is 4.05. The molecular formula is C14H15N3O2S. The number of hydrogen-bond acceptors (Lipinski definition) is 4. The zero-order valence-corrected chi connectivity index (χ0v) is 12.1. The van der Waals surface area contributed by atoms with Gasteiger partial charge < -0.3 is 4.57 Å². The van der Waals surface area contributed by atoms with Crippen LogP contribution in [0.5, 0.6) is 0 Å². The number of amides is 1. The first-order valence-electron chi connectivity index (χ1n) is 6.11. The maximum Gasteiger partial charge on any atom is 0.260 e. The number of nitrogens with one attached hydrogen (secondary N) is 1. The summed E-state index contributed by atoms with van der Waals surface area (Å²) in [6.07, 6.45) is 1.57. The smallest absolute Gasteiger partial charge is 0.260 e. The monoisotopic (exact) mass is 289 g/mol. The third kappa shape index (κ3) is 3.64. The van der Waals surface area contributed by atoms with Crippen LogP contribution in [-0.4, -0.2) is 16.2 Å². The van der Waals surface area contributed by atoms with E-state index in [1.807, 2.05) is 26.0 Å². The molecule has 0 saturated carbocycles. The number of aryl methyl sites for hydroxylation is 1. The number of aromatic nitrogens is 1. The van der Waals surface area contributed by atoms with Crippen molar-refractivity contribution in [3.05, 3.63) is 56.6 Å². The van der Waals surface area contributed by atoms with Crippen molar-refractivity contribution in [1.29, 1.82) is 0 Å². The molecular weight excluding hydrogens is 274 g/mol. The molecule has 6 heteroatoms. The number of hydrogen-bond donors (Lipinski definition) is 1. The summed E-state index contributed by atoms with van der Waals surface area (Å²) in [6.45, 7) is 3.81. The van der Waals surface area contributed by atoms with Crippen molar-refractivity contribution in [2.45, 2.75) is 20.4 Å². The summed E-state index contributed by atoms with van der Waals surface area (Å²) in [5.74, 6) is -0.328. The van der Waals surface area contributed by atoms with Crippen LogP contribution < -0.4 is 11.0 Å². The lowest BCUT2D eigenvalue weighted by Gasteiger charge is -2.04. The third-order valence-corrected chi connectivity index (χ3v) is 3.77. The molecule has 1 amide bonds. The molecule has 0 aliphatic heterocycles. The number of rotatable bonds is 4. The minimum absolute atomic E-state index is 0.0417. The average Bonchev–Trinajstić information content (AvgIpc) is 2.85. The quantitative estimate of drug-likeness (QED) is 0.688. The Bertz CT molecular complexity index is 700. The second-order valence-corrected chi connectivity index (χ2v) is 5.60. The van der Waals surface area contributed by atoms with Crippen molar-refractivity contribution in [3.63, 3.8) is 0 Å². The van der Waals surface area contributed by atoms with E-state index < -0.39 is 0 Å². The van der Waals surface area contributed by atoms with Crippen LogP contribution in [0.1, 0.15) is 16.7 Å². The van der Waals surface area contributed by atoms with Crippen LogP contribution >= 0.6 is 11.3 Å². The first-order chi connectivity index (χ1) is 9.56. The molecule has 0 saturated heterocycles. The Morgan fingerprint density at radius 3 is 2.80 bits per heavy atom. The van der Waals surface area contributed by atoms with Gasteiger partial charge in [-0.3, -0.25) is 9.59 Å². The Morgan fingerprint density at radius 2 is 2.15 bits per heavy atom. The van der Waals surface area contributed by atoms with Gasteiger partial charge >= 0.3 is 0 Å². The molecule has 2 aromatic rings. The molecule has 2 heterocycles. The van der Waals surface area contributed by atoms with Gasteiger partial charge in [-0.15, -0.1) is 11.3 Å². The molecule has 20 heavy (non-hydrogen) atoms. The van der Waals surface area contributed by atoms with E-state index in [1.165, 1.54) is 15.5 Å². The van der Waals surface area contributed by atoms with Gasteiger partial charge in [0.15, 0.2) is 0 Å². The zero-order valence-electron chi connectivity index (χ0n) is 11.3. The standard InChI is InChI=1S/C14H15N3O2S/c1-10-6-7-12(20-10)11(2)15-16-13(18)9-17-8-4-3-5-14(17)19/h3-8H,9H2,1-2H3,(H,16,18)/b15-11-. The minimum atomic E-state index is -0.328. The van der Waals surface area contributed by atoms with E-state index >= 15 is 0 Å². The fraction of sp³-hybridized carbons (Fsp3) is 0.214. The maximum absolute atomic E-state index is 11.7. The second kappa shape index (κ2) is 6.29. The second-order valence-electron chi connectivity index (χ2n) is 4.31. The summed E-state index contributed by atoms with van der Waals surface area (Å²) in [7, 11) is 0. The molecule has 0 radical (unpaired) electrons. The first-order valence-corrected chi connectivity index (χ1v) is 6.93. The van der Waals surface area contributed by atoms with E-state index in [2.05, 4.69) is 10.5 Å². The lowest BCUT2D eigenvalue weighted by atomic mass is 10.3. The summed E-state index contributed by atoms with van der Waals surface area (Å²) in [4.78, 5) is 25.4. The summed E-state index contributed by atoms with van der Waals surface area (Å²) in [5.41, 5.74) is 3.00. The Labute approximate surface area is 120 Å². The molecule has 0 fully saturated rings. The summed E-state index contributed by atoms with van der Waals surface area (Å²) < 4.78 is 1.33. The molecule has 0 unspecified atom stereocenters. The Balaban J connectivity index is 1.99. The number of hydrazone groups is 1. The van der Waals surface area contributed by atoms with Gasteiger partial charge in [-0.25, -0.2) is 5.43 Å². The highest BCUT2D eigenvalue weighted by atomic mass is 32.1. The van der Waals surface area contributed by atoms with Crippen LogP contribution in [0.2, 0.25) is 0 Å². The Morgan fingerprint density at radius 1 is 1.35 bits per heavy atom. The van der Waals surface area contributed by atoms with Crippen LogP contribution in [0, 0.1) is 6.92 Å². The fourth-order valence-corrected chi connectivity index (χ4v) is 2.42. The van der Waals surface area contributed by atoms with Crippen LogP contribution in [0.3, 0.4) is 0 Å². The third-order valence-electron chi connectivity index (χ3n) is 2.66. The van der Waals surface area contributed by atoms with Crippen molar-refractivity contribution in [3.8, 4) is 0 Å². The summed E-state index contributed by atoms with van der Waals surface area (Å²) in [6, 6.07) is 8.73. The number of thiophene rings is 1. The SMILES string of the molecule is C/C(=N/NC(=O)Cn1ccccc1=O)c1ccc(C)s1. The fourth-order valence-electron chi connectivity index (χ4n) is 1.61. The van der Waals surface area contributed by atoms with E-state index in [9.17, 15) is 9.59 Å². The molecule has 1 N–H and O–H groups in total. The van der Waals surface area contributed by atoms with Crippen molar-refractivity contribution in [2.24, 2.45) is 5.10 Å². The normalized spacial score (nSPS) is 11.4. The lowest BCUT2D eigenvalue weighted by molar-refractivity contribution is -0.121. The molecule has 0 aliphatic carbocycles. The lowest BCUT2D eigenvalue weighted by Crippen LogP contribution is -2.29. The number of carbonyl (C=O) groups is 1. The van der Waals surface area contributed by atoms with Crippen molar-refractivity contribution in [2.75, 3.05) is 0 Å². The molecule has 0 aliphatic rings. The van der Waals surface area contributed by atoms with Gasteiger partial charge in [0.2, 0.25) is 0 Å². The largest absolute Gasteiger partial charge is 0.306 e. The minimum Gasteiger partial charge on any atom is -0.306 e. The average molecular weight is 289 g/mol. The predicted molar refractivity (Wildman–Crippen MR) is 80.1 cm³/mol. The topological polar surface area (TPSA) is 63.5 Å². The van der Waals surface area contributed by atoms with Crippen molar-refractivity contribution < 1.29 is 4.79 Å². The molecule has 2 rings (SSSR count). The van der Waals surface area contributed by atoms with Crippen molar-refractivity contribution in [1.82, 2.24) is 9.99 Å². The van der Waals surface area contributed by atoms with Crippen LogP contribution in [0.15, 0.2) is 46.4 Å².